The van der Waals surface area contributed by atoms with Gasteiger partial charge in [-0.2, -0.15) is 0 Å². The van der Waals surface area contributed by atoms with Gasteiger partial charge in [-0.3, -0.25) is 19.1 Å². The number of thioether (sulfide) groups is 1. The molecule has 2 N–H and O–H groups in total. The molecule has 0 bridgehead atoms. The van der Waals surface area contributed by atoms with Crippen molar-refractivity contribution in [3.8, 4) is 22.8 Å². The fourth-order valence-corrected chi connectivity index (χ4v) is 4.86. The lowest BCUT2D eigenvalue weighted by Crippen LogP contribution is -2.15. The molecule has 0 fully saturated rings. The predicted octanol–water partition coefficient (Wildman–Crippen LogP) is 6.02. The number of nitrogens with zero attached hydrogens (tertiary/aromatic N) is 4. The van der Waals surface area contributed by atoms with E-state index in [9.17, 15) is 9.59 Å². The Morgan fingerprint density at radius 1 is 0.878 bits per heavy atom. The SMILES string of the molecule is CCOc1ccc(NC(=O)c2ccc(NC(=O)CSc3nnc(-c4cccnc4)n3-c3ccccc3C)cc2)cc1. The van der Waals surface area contributed by atoms with Crippen molar-refractivity contribution < 1.29 is 14.3 Å². The van der Waals surface area contributed by atoms with Gasteiger partial charge in [-0.05, 0) is 86.1 Å². The smallest absolute Gasteiger partial charge is 0.255 e. The number of ether oxygens (including phenoxy) is 1. The van der Waals surface area contributed by atoms with Crippen LogP contribution >= 0.6 is 11.8 Å². The summed E-state index contributed by atoms with van der Waals surface area (Å²) < 4.78 is 7.38. The quantitative estimate of drug-likeness (QED) is 0.200. The van der Waals surface area contributed by atoms with Gasteiger partial charge < -0.3 is 15.4 Å². The minimum absolute atomic E-state index is 0.122. The number of anilines is 2. The third-order valence-corrected chi connectivity index (χ3v) is 7.02. The summed E-state index contributed by atoms with van der Waals surface area (Å²) in [6.45, 7) is 4.51. The Bertz CT molecular complexity index is 1640. The van der Waals surface area contributed by atoms with Crippen molar-refractivity contribution in [3.63, 3.8) is 0 Å². The van der Waals surface area contributed by atoms with Crippen LogP contribution in [0.5, 0.6) is 5.75 Å². The number of benzene rings is 3. The van der Waals surface area contributed by atoms with Crippen molar-refractivity contribution in [2.75, 3.05) is 23.0 Å². The molecule has 5 aromatic rings. The average Bonchev–Trinajstić information content (AvgIpc) is 3.42. The van der Waals surface area contributed by atoms with E-state index in [1.165, 1.54) is 11.8 Å². The molecule has 5 rings (SSSR count). The zero-order valence-corrected chi connectivity index (χ0v) is 23.4. The predicted molar refractivity (Wildman–Crippen MR) is 161 cm³/mol. The monoisotopic (exact) mass is 564 g/mol. The molecule has 0 aliphatic rings. The highest BCUT2D eigenvalue weighted by molar-refractivity contribution is 7.99. The Morgan fingerprint density at radius 3 is 2.32 bits per heavy atom. The topological polar surface area (TPSA) is 111 Å². The molecule has 0 aliphatic heterocycles. The van der Waals surface area contributed by atoms with E-state index in [0.717, 1.165) is 22.6 Å². The summed E-state index contributed by atoms with van der Waals surface area (Å²) in [5, 5.41) is 15.1. The van der Waals surface area contributed by atoms with Crippen molar-refractivity contribution in [2.24, 2.45) is 0 Å². The maximum absolute atomic E-state index is 12.8. The lowest BCUT2D eigenvalue weighted by Gasteiger charge is -2.13. The highest BCUT2D eigenvalue weighted by atomic mass is 32.2. The number of amides is 2. The van der Waals surface area contributed by atoms with Crippen LogP contribution in [-0.4, -0.2) is 43.9 Å². The van der Waals surface area contributed by atoms with Crippen LogP contribution in [0.15, 0.2) is 102 Å². The van der Waals surface area contributed by atoms with Gasteiger partial charge in [0.25, 0.3) is 5.91 Å². The second-order valence-corrected chi connectivity index (χ2v) is 9.94. The van der Waals surface area contributed by atoms with Gasteiger partial charge in [-0.1, -0.05) is 30.0 Å². The summed E-state index contributed by atoms with van der Waals surface area (Å²) in [4.78, 5) is 29.7. The van der Waals surface area contributed by atoms with E-state index < -0.39 is 0 Å². The molecule has 0 atom stereocenters. The first kappa shape index (κ1) is 27.6. The molecule has 41 heavy (non-hydrogen) atoms. The molecule has 0 saturated heterocycles. The number of hydrogen-bond donors (Lipinski definition) is 2. The highest BCUT2D eigenvalue weighted by Crippen LogP contribution is 2.29. The Kier molecular flexibility index (Phi) is 8.70. The van der Waals surface area contributed by atoms with Crippen molar-refractivity contribution in [1.82, 2.24) is 19.7 Å². The molecule has 2 heterocycles. The molecule has 0 radical (unpaired) electrons. The Balaban J connectivity index is 1.23. The number of carbonyl (C=O) groups excluding carboxylic acids is 2. The first-order valence-electron chi connectivity index (χ1n) is 13.0. The average molecular weight is 565 g/mol. The Hall–Kier alpha value is -4.96. The molecule has 9 nitrogen and oxygen atoms in total. The number of para-hydroxylation sites is 1. The van der Waals surface area contributed by atoms with Gasteiger partial charge in [0.05, 0.1) is 18.0 Å². The van der Waals surface area contributed by atoms with Gasteiger partial charge in [0, 0.05) is 34.9 Å². The summed E-state index contributed by atoms with van der Waals surface area (Å²) >= 11 is 1.29. The molecular formula is C31H28N6O3S. The summed E-state index contributed by atoms with van der Waals surface area (Å²) in [5.41, 5.74) is 4.53. The van der Waals surface area contributed by atoms with Gasteiger partial charge in [0.15, 0.2) is 11.0 Å². The molecule has 0 unspecified atom stereocenters. The number of hydrogen-bond acceptors (Lipinski definition) is 7. The number of aromatic nitrogens is 4. The van der Waals surface area contributed by atoms with Crippen molar-refractivity contribution in [3.05, 3.63) is 108 Å². The van der Waals surface area contributed by atoms with Crippen LogP contribution in [0.25, 0.3) is 17.1 Å². The zero-order chi connectivity index (χ0) is 28.6. The zero-order valence-electron chi connectivity index (χ0n) is 22.6. The molecule has 3 aromatic carbocycles. The van der Waals surface area contributed by atoms with Crippen LogP contribution in [-0.2, 0) is 4.79 Å². The van der Waals surface area contributed by atoms with E-state index in [4.69, 9.17) is 4.74 Å². The van der Waals surface area contributed by atoms with E-state index in [2.05, 4.69) is 25.8 Å². The minimum Gasteiger partial charge on any atom is -0.494 e. The second kappa shape index (κ2) is 12.9. The molecule has 206 valence electrons. The van der Waals surface area contributed by atoms with Gasteiger partial charge >= 0.3 is 0 Å². The second-order valence-electron chi connectivity index (χ2n) is 9.00. The van der Waals surface area contributed by atoms with Crippen molar-refractivity contribution in [1.29, 1.82) is 0 Å². The summed E-state index contributed by atoms with van der Waals surface area (Å²) in [5.74, 6) is 1.06. The van der Waals surface area contributed by atoms with Gasteiger partial charge in [0.2, 0.25) is 5.91 Å². The largest absolute Gasteiger partial charge is 0.494 e. The van der Waals surface area contributed by atoms with Crippen LogP contribution in [0, 0.1) is 6.92 Å². The Labute approximate surface area is 242 Å². The molecule has 2 aromatic heterocycles. The normalized spacial score (nSPS) is 10.7. The van der Waals surface area contributed by atoms with E-state index >= 15 is 0 Å². The van der Waals surface area contributed by atoms with Crippen LogP contribution in [0.3, 0.4) is 0 Å². The number of carbonyl (C=O) groups is 2. The third kappa shape index (κ3) is 6.79. The van der Waals surface area contributed by atoms with Gasteiger partial charge in [0.1, 0.15) is 5.75 Å². The molecule has 2 amide bonds. The molecular weight excluding hydrogens is 536 g/mol. The van der Waals surface area contributed by atoms with Crippen molar-refractivity contribution >= 4 is 35.0 Å². The molecule has 0 spiro atoms. The van der Waals surface area contributed by atoms with E-state index in [-0.39, 0.29) is 17.6 Å². The van der Waals surface area contributed by atoms with E-state index in [0.29, 0.717) is 34.5 Å². The Morgan fingerprint density at radius 2 is 1.61 bits per heavy atom. The minimum atomic E-state index is -0.248. The number of pyridine rings is 1. The van der Waals surface area contributed by atoms with Crippen LogP contribution in [0.2, 0.25) is 0 Å². The number of rotatable bonds is 10. The van der Waals surface area contributed by atoms with Gasteiger partial charge in [-0.15, -0.1) is 10.2 Å². The van der Waals surface area contributed by atoms with Crippen LogP contribution in [0.1, 0.15) is 22.8 Å². The van der Waals surface area contributed by atoms with Crippen LogP contribution < -0.4 is 15.4 Å². The van der Waals surface area contributed by atoms with Crippen LogP contribution in [0.4, 0.5) is 11.4 Å². The van der Waals surface area contributed by atoms with E-state index in [1.54, 1.807) is 60.9 Å². The summed E-state index contributed by atoms with van der Waals surface area (Å²) in [6, 6.07) is 25.6. The third-order valence-electron chi connectivity index (χ3n) is 6.10. The standard InChI is InChI=1S/C31H28N6O3S/c1-3-40-26-16-14-25(15-17-26)34-30(39)22-10-12-24(13-11-22)33-28(38)20-41-31-36-35-29(23-8-6-18-32-19-23)37(31)27-9-5-4-7-21(27)2/h4-19H,3,20H2,1-2H3,(H,33,38)(H,34,39). The lowest BCUT2D eigenvalue weighted by molar-refractivity contribution is -0.113. The maximum atomic E-state index is 12.8. The molecule has 0 saturated carbocycles. The summed E-state index contributed by atoms with van der Waals surface area (Å²) in [7, 11) is 0. The number of aryl methyl sites for hydroxylation is 1. The fraction of sp³-hybridized carbons (Fsp3) is 0.129. The molecule has 0 aliphatic carbocycles. The fourth-order valence-electron chi connectivity index (χ4n) is 4.11. The maximum Gasteiger partial charge on any atom is 0.255 e. The highest BCUT2D eigenvalue weighted by Gasteiger charge is 2.19. The summed E-state index contributed by atoms with van der Waals surface area (Å²) in [6.07, 6.45) is 3.45. The van der Waals surface area contributed by atoms with Gasteiger partial charge in [-0.25, -0.2) is 0 Å². The lowest BCUT2D eigenvalue weighted by atomic mass is 10.2. The first-order chi connectivity index (χ1) is 20.0. The molecule has 10 heteroatoms. The number of nitrogens with one attached hydrogen (secondary N) is 2. The van der Waals surface area contributed by atoms with E-state index in [1.807, 2.05) is 54.8 Å². The first-order valence-corrected chi connectivity index (χ1v) is 14.0. The van der Waals surface area contributed by atoms with Crippen molar-refractivity contribution in [2.45, 2.75) is 19.0 Å².